The van der Waals surface area contributed by atoms with Crippen molar-refractivity contribution in [2.24, 2.45) is 0 Å². The van der Waals surface area contributed by atoms with Gasteiger partial charge in [-0.15, -0.1) is 0 Å². The van der Waals surface area contributed by atoms with E-state index in [9.17, 15) is 14.3 Å². The molecule has 0 unspecified atom stereocenters. The van der Waals surface area contributed by atoms with Crippen LogP contribution in [0.2, 0.25) is 0 Å². The highest BCUT2D eigenvalue weighted by molar-refractivity contribution is 6.07. The molecule has 2 aromatic rings. The number of phenolic OH excluding ortho intramolecular Hbond substituents is 1. The molecule has 2 aromatic carbocycles. The summed E-state index contributed by atoms with van der Waals surface area (Å²) in [6.45, 7) is 1.74. The van der Waals surface area contributed by atoms with Gasteiger partial charge in [-0.3, -0.25) is 4.79 Å². The fourth-order valence-corrected chi connectivity index (χ4v) is 1.62. The highest BCUT2D eigenvalue weighted by atomic mass is 19.1. The Labute approximate surface area is 109 Å². The summed E-state index contributed by atoms with van der Waals surface area (Å²) in [6, 6.07) is 8.75. The normalized spacial score (nSPS) is 10.2. The molecule has 4 N–H and O–H groups in total. The first-order valence-corrected chi connectivity index (χ1v) is 5.64. The molecule has 0 radical (unpaired) electrons. The number of aryl methyl sites for hydroxylation is 1. The van der Waals surface area contributed by atoms with Crippen LogP contribution in [0.25, 0.3) is 0 Å². The number of carbonyl (C=O) groups excluding carboxylic acids is 1. The zero-order valence-electron chi connectivity index (χ0n) is 10.3. The molecule has 2 rings (SSSR count). The average Bonchev–Trinajstić information content (AvgIpc) is 2.37. The second-order valence-corrected chi connectivity index (χ2v) is 4.16. The van der Waals surface area contributed by atoms with Gasteiger partial charge in [-0.1, -0.05) is 12.1 Å². The van der Waals surface area contributed by atoms with Crippen molar-refractivity contribution in [2.75, 3.05) is 11.1 Å². The molecule has 4 nitrogen and oxygen atoms in total. The van der Waals surface area contributed by atoms with Crippen LogP contribution in [0.3, 0.4) is 0 Å². The van der Waals surface area contributed by atoms with Gasteiger partial charge in [0.1, 0.15) is 11.6 Å². The molecule has 0 saturated carbocycles. The van der Waals surface area contributed by atoms with Crippen LogP contribution in [0.15, 0.2) is 36.4 Å². The third-order valence-electron chi connectivity index (χ3n) is 2.76. The standard InChI is InChI=1S/C14H13FN2O2/c1-8-5-6-9(7-12(8)18)17-14(19)10-3-2-4-11(15)13(10)16/h2-7,18H,16H2,1H3,(H,17,19). The lowest BCUT2D eigenvalue weighted by Gasteiger charge is -2.09. The molecule has 1 amide bonds. The number of para-hydroxylation sites is 1. The van der Waals surface area contributed by atoms with E-state index in [-0.39, 0.29) is 17.0 Å². The minimum absolute atomic E-state index is 0.0556. The lowest BCUT2D eigenvalue weighted by molar-refractivity contribution is 0.102. The molecule has 0 atom stereocenters. The number of halogens is 1. The number of nitrogens with two attached hydrogens (primary N) is 1. The quantitative estimate of drug-likeness (QED) is 0.727. The van der Waals surface area contributed by atoms with Crippen LogP contribution in [0, 0.1) is 12.7 Å². The SMILES string of the molecule is Cc1ccc(NC(=O)c2cccc(F)c2N)cc1O. The number of rotatable bonds is 2. The molecule has 0 fully saturated rings. The zero-order valence-corrected chi connectivity index (χ0v) is 10.3. The fraction of sp³-hybridized carbons (Fsp3) is 0.0714. The van der Waals surface area contributed by atoms with Gasteiger partial charge in [0.05, 0.1) is 11.3 Å². The Morgan fingerprint density at radius 1 is 1.32 bits per heavy atom. The van der Waals surface area contributed by atoms with Crippen molar-refractivity contribution in [3.05, 3.63) is 53.3 Å². The molecule has 5 heteroatoms. The van der Waals surface area contributed by atoms with Crippen LogP contribution >= 0.6 is 0 Å². The van der Waals surface area contributed by atoms with E-state index in [0.717, 1.165) is 0 Å². The highest BCUT2D eigenvalue weighted by Gasteiger charge is 2.13. The third kappa shape index (κ3) is 2.65. The summed E-state index contributed by atoms with van der Waals surface area (Å²) < 4.78 is 13.3. The Morgan fingerprint density at radius 2 is 2.05 bits per heavy atom. The van der Waals surface area contributed by atoms with Gasteiger partial charge in [0, 0.05) is 11.8 Å². The molecular weight excluding hydrogens is 247 g/mol. The molecule has 98 valence electrons. The molecule has 19 heavy (non-hydrogen) atoms. The molecule has 0 bridgehead atoms. The number of nitrogen functional groups attached to an aromatic ring is 1. The number of hydrogen-bond donors (Lipinski definition) is 3. The fourth-order valence-electron chi connectivity index (χ4n) is 1.62. The topological polar surface area (TPSA) is 75.4 Å². The molecule has 0 aromatic heterocycles. The maximum absolute atomic E-state index is 13.3. The molecule has 0 heterocycles. The summed E-state index contributed by atoms with van der Waals surface area (Å²) >= 11 is 0. The average molecular weight is 260 g/mol. The first-order valence-electron chi connectivity index (χ1n) is 5.64. The lowest BCUT2D eigenvalue weighted by Crippen LogP contribution is -2.14. The summed E-state index contributed by atoms with van der Waals surface area (Å²) in [7, 11) is 0. The van der Waals surface area contributed by atoms with E-state index < -0.39 is 11.7 Å². The van der Waals surface area contributed by atoms with E-state index in [1.54, 1.807) is 19.1 Å². The minimum atomic E-state index is -0.639. The number of hydrogen-bond acceptors (Lipinski definition) is 3. The monoisotopic (exact) mass is 260 g/mol. The van der Waals surface area contributed by atoms with Crippen molar-refractivity contribution in [3.8, 4) is 5.75 Å². The third-order valence-corrected chi connectivity index (χ3v) is 2.76. The van der Waals surface area contributed by atoms with Gasteiger partial charge in [-0.25, -0.2) is 4.39 Å². The maximum Gasteiger partial charge on any atom is 0.257 e. The molecule has 0 spiro atoms. The van der Waals surface area contributed by atoms with Gasteiger partial charge in [-0.05, 0) is 30.7 Å². The number of benzene rings is 2. The lowest BCUT2D eigenvalue weighted by atomic mass is 10.1. The van der Waals surface area contributed by atoms with Crippen LogP contribution in [-0.2, 0) is 0 Å². The van der Waals surface area contributed by atoms with Crippen LogP contribution in [0.5, 0.6) is 5.75 Å². The number of anilines is 2. The zero-order chi connectivity index (χ0) is 14.0. The second-order valence-electron chi connectivity index (χ2n) is 4.16. The van der Waals surface area contributed by atoms with E-state index in [1.807, 2.05) is 0 Å². The van der Waals surface area contributed by atoms with Gasteiger partial charge in [-0.2, -0.15) is 0 Å². The maximum atomic E-state index is 13.3. The van der Waals surface area contributed by atoms with Crippen molar-refractivity contribution < 1.29 is 14.3 Å². The smallest absolute Gasteiger partial charge is 0.257 e. The predicted octanol–water partition coefficient (Wildman–Crippen LogP) is 2.67. The van der Waals surface area contributed by atoms with Crippen LogP contribution in [0.4, 0.5) is 15.8 Å². The molecule has 0 aliphatic heterocycles. The molecule has 0 aliphatic carbocycles. The van der Waals surface area contributed by atoms with Crippen molar-refractivity contribution in [1.29, 1.82) is 0 Å². The Hall–Kier alpha value is -2.56. The summed E-state index contributed by atoms with van der Waals surface area (Å²) in [5.74, 6) is -1.09. The van der Waals surface area contributed by atoms with E-state index in [0.29, 0.717) is 11.3 Å². The first-order chi connectivity index (χ1) is 8.99. The molecule has 0 aliphatic rings. The summed E-state index contributed by atoms with van der Waals surface area (Å²) in [5, 5.41) is 12.1. The van der Waals surface area contributed by atoms with E-state index in [2.05, 4.69) is 5.32 Å². The van der Waals surface area contributed by atoms with Gasteiger partial charge in [0.25, 0.3) is 5.91 Å². The molecular formula is C14H13FN2O2. The van der Waals surface area contributed by atoms with Gasteiger partial charge < -0.3 is 16.2 Å². The second kappa shape index (κ2) is 4.97. The van der Waals surface area contributed by atoms with E-state index in [1.165, 1.54) is 24.3 Å². The van der Waals surface area contributed by atoms with Crippen molar-refractivity contribution in [1.82, 2.24) is 0 Å². The van der Waals surface area contributed by atoms with Gasteiger partial charge in [0.2, 0.25) is 0 Å². The summed E-state index contributed by atoms with van der Waals surface area (Å²) in [4.78, 5) is 11.9. The Bertz CT molecular complexity index is 641. The van der Waals surface area contributed by atoms with Gasteiger partial charge >= 0.3 is 0 Å². The first kappa shape index (κ1) is 12.9. The largest absolute Gasteiger partial charge is 0.508 e. The van der Waals surface area contributed by atoms with E-state index in [4.69, 9.17) is 5.73 Å². The van der Waals surface area contributed by atoms with Crippen molar-refractivity contribution in [2.45, 2.75) is 6.92 Å². The van der Waals surface area contributed by atoms with Crippen LogP contribution < -0.4 is 11.1 Å². The molecule has 0 saturated heterocycles. The van der Waals surface area contributed by atoms with Crippen molar-refractivity contribution in [3.63, 3.8) is 0 Å². The highest BCUT2D eigenvalue weighted by Crippen LogP contribution is 2.22. The number of phenols is 1. The van der Waals surface area contributed by atoms with Gasteiger partial charge in [0.15, 0.2) is 0 Å². The summed E-state index contributed by atoms with van der Waals surface area (Å²) in [5.41, 5.74) is 6.47. The number of amides is 1. The summed E-state index contributed by atoms with van der Waals surface area (Å²) in [6.07, 6.45) is 0. The van der Waals surface area contributed by atoms with E-state index >= 15 is 0 Å². The Balaban J connectivity index is 2.26. The van der Waals surface area contributed by atoms with Crippen LogP contribution in [0.1, 0.15) is 15.9 Å². The Morgan fingerprint density at radius 3 is 2.74 bits per heavy atom. The number of aromatic hydroxyl groups is 1. The van der Waals surface area contributed by atoms with Crippen LogP contribution in [-0.4, -0.2) is 11.0 Å². The minimum Gasteiger partial charge on any atom is -0.508 e. The Kier molecular flexibility index (Phi) is 3.37. The predicted molar refractivity (Wildman–Crippen MR) is 71.6 cm³/mol. The number of carbonyl (C=O) groups is 1. The number of nitrogens with one attached hydrogen (secondary N) is 1. The van der Waals surface area contributed by atoms with Crippen molar-refractivity contribution >= 4 is 17.3 Å².